The molecule has 0 fully saturated rings. The van der Waals surface area contributed by atoms with Gasteiger partial charge in [0.25, 0.3) is 0 Å². The molecular formula is C9H15N5. The van der Waals surface area contributed by atoms with Crippen LogP contribution in [0, 0.1) is 0 Å². The summed E-state index contributed by atoms with van der Waals surface area (Å²) in [6.45, 7) is 2.05. The van der Waals surface area contributed by atoms with Gasteiger partial charge in [-0.3, -0.25) is 10.3 Å². The van der Waals surface area contributed by atoms with E-state index in [9.17, 15) is 0 Å². The van der Waals surface area contributed by atoms with Crippen molar-refractivity contribution in [2.45, 2.75) is 12.6 Å². The van der Waals surface area contributed by atoms with Gasteiger partial charge in [-0.2, -0.15) is 0 Å². The highest BCUT2D eigenvalue weighted by Gasteiger charge is 2.36. The molecule has 5 nitrogen and oxygen atoms in total. The molecular weight excluding hydrogens is 178 g/mol. The van der Waals surface area contributed by atoms with Gasteiger partial charge >= 0.3 is 0 Å². The van der Waals surface area contributed by atoms with Gasteiger partial charge in [0.1, 0.15) is 11.5 Å². The van der Waals surface area contributed by atoms with Crippen molar-refractivity contribution < 1.29 is 0 Å². The Kier molecular flexibility index (Phi) is 1.87. The van der Waals surface area contributed by atoms with Crippen molar-refractivity contribution in [1.82, 2.24) is 15.7 Å². The Bertz CT molecular complexity index is 364. The average molecular weight is 193 g/mol. The highest BCUT2D eigenvalue weighted by Crippen LogP contribution is 2.33. The Hall–Kier alpha value is -1.33. The predicted molar refractivity (Wildman–Crippen MR) is 56.6 cm³/mol. The molecule has 2 rings (SSSR count). The van der Waals surface area contributed by atoms with Crippen LogP contribution in [-0.2, 0) is 5.66 Å². The zero-order valence-electron chi connectivity index (χ0n) is 8.63. The number of fused-ring (bicyclic) bond motifs is 1. The molecule has 0 aromatic carbocycles. The minimum Gasteiger partial charge on any atom is -0.397 e. The number of rotatable bonds is 1. The molecule has 1 unspecified atom stereocenters. The summed E-state index contributed by atoms with van der Waals surface area (Å²) in [5.41, 5.74) is 10.5. The number of nitrogens with two attached hydrogens (primary N) is 1. The van der Waals surface area contributed by atoms with Crippen molar-refractivity contribution in [2.24, 2.45) is 0 Å². The van der Waals surface area contributed by atoms with E-state index in [0.717, 1.165) is 11.4 Å². The van der Waals surface area contributed by atoms with Crippen LogP contribution in [0.2, 0.25) is 0 Å². The van der Waals surface area contributed by atoms with E-state index in [4.69, 9.17) is 5.73 Å². The van der Waals surface area contributed by atoms with Crippen molar-refractivity contribution in [1.29, 1.82) is 0 Å². The Morgan fingerprint density at radius 3 is 3.00 bits per heavy atom. The van der Waals surface area contributed by atoms with Crippen molar-refractivity contribution >= 4 is 11.5 Å². The first-order chi connectivity index (χ1) is 6.57. The second kappa shape index (κ2) is 2.83. The summed E-state index contributed by atoms with van der Waals surface area (Å²) in [4.78, 5) is 4.28. The van der Waals surface area contributed by atoms with E-state index in [2.05, 4.69) is 22.7 Å². The molecule has 0 spiro atoms. The van der Waals surface area contributed by atoms with E-state index in [0.29, 0.717) is 5.69 Å². The molecule has 0 saturated carbocycles. The molecule has 1 aromatic heterocycles. The molecule has 1 aromatic rings. The fourth-order valence-electron chi connectivity index (χ4n) is 1.75. The van der Waals surface area contributed by atoms with Crippen molar-refractivity contribution in [2.75, 3.05) is 24.8 Å². The van der Waals surface area contributed by atoms with Gasteiger partial charge in [0, 0.05) is 12.6 Å². The standard InChI is InChI=1S/C9H15N5/c1-9(11-2)7-4-6(10)5-12-8(7)14(3)13-9/h4-5,11,13H,10H2,1-3H3. The molecule has 2 heterocycles. The Balaban J connectivity index is 2.56. The van der Waals surface area contributed by atoms with Gasteiger partial charge in [0.2, 0.25) is 0 Å². The summed E-state index contributed by atoms with van der Waals surface area (Å²) in [5, 5.41) is 5.10. The van der Waals surface area contributed by atoms with Crippen LogP contribution in [0.4, 0.5) is 11.5 Å². The lowest BCUT2D eigenvalue weighted by Gasteiger charge is -2.25. The number of hydrazine groups is 1. The van der Waals surface area contributed by atoms with Gasteiger partial charge in [-0.15, -0.1) is 0 Å². The number of pyridine rings is 1. The van der Waals surface area contributed by atoms with E-state index in [1.165, 1.54) is 0 Å². The van der Waals surface area contributed by atoms with Crippen LogP contribution in [-0.4, -0.2) is 19.1 Å². The largest absolute Gasteiger partial charge is 0.397 e. The van der Waals surface area contributed by atoms with Crippen molar-refractivity contribution in [3.05, 3.63) is 17.8 Å². The maximum absolute atomic E-state index is 5.72. The number of nitrogen functional groups attached to an aromatic ring is 1. The maximum atomic E-state index is 5.72. The number of aromatic nitrogens is 1. The number of hydrogen-bond acceptors (Lipinski definition) is 5. The van der Waals surface area contributed by atoms with Gasteiger partial charge in [-0.25, -0.2) is 10.4 Å². The normalized spacial score (nSPS) is 25.2. The molecule has 4 N–H and O–H groups in total. The van der Waals surface area contributed by atoms with E-state index >= 15 is 0 Å². The van der Waals surface area contributed by atoms with Crippen LogP contribution in [0.25, 0.3) is 0 Å². The highest BCUT2D eigenvalue weighted by atomic mass is 15.6. The topological polar surface area (TPSA) is 66.2 Å². The number of nitrogens with one attached hydrogen (secondary N) is 2. The number of anilines is 2. The zero-order chi connectivity index (χ0) is 10.3. The van der Waals surface area contributed by atoms with E-state index in [1.54, 1.807) is 6.20 Å². The van der Waals surface area contributed by atoms with Crippen molar-refractivity contribution in [3.63, 3.8) is 0 Å². The van der Waals surface area contributed by atoms with E-state index in [1.807, 2.05) is 25.2 Å². The second-order valence-corrected chi connectivity index (χ2v) is 3.69. The zero-order valence-corrected chi connectivity index (χ0v) is 8.63. The third-order valence-corrected chi connectivity index (χ3v) is 2.64. The van der Waals surface area contributed by atoms with Gasteiger partial charge in [0.15, 0.2) is 0 Å². The first kappa shape index (κ1) is 9.23. The van der Waals surface area contributed by atoms with Crippen LogP contribution in [0.1, 0.15) is 12.5 Å². The lowest BCUT2D eigenvalue weighted by molar-refractivity contribution is 0.335. The summed E-state index contributed by atoms with van der Waals surface area (Å²) in [5.74, 6) is 0.913. The van der Waals surface area contributed by atoms with Crippen molar-refractivity contribution in [3.8, 4) is 0 Å². The first-order valence-corrected chi connectivity index (χ1v) is 4.53. The Morgan fingerprint density at radius 1 is 1.64 bits per heavy atom. The summed E-state index contributed by atoms with van der Waals surface area (Å²) in [6, 6.07) is 1.94. The minimum atomic E-state index is -0.285. The van der Waals surface area contributed by atoms with E-state index in [-0.39, 0.29) is 5.66 Å². The fourth-order valence-corrected chi connectivity index (χ4v) is 1.75. The summed E-state index contributed by atoms with van der Waals surface area (Å²) in [6.07, 6.45) is 1.67. The quantitative estimate of drug-likeness (QED) is 0.586. The average Bonchev–Trinajstić information content (AvgIpc) is 2.40. The fraction of sp³-hybridized carbons (Fsp3) is 0.444. The van der Waals surface area contributed by atoms with Gasteiger partial charge in [0.05, 0.1) is 11.9 Å². The van der Waals surface area contributed by atoms with Crippen LogP contribution >= 0.6 is 0 Å². The van der Waals surface area contributed by atoms with E-state index < -0.39 is 0 Å². The molecule has 5 heteroatoms. The number of nitrogens with zero attached hydrogens (tertiary/aromatic N) is 2. The van der Waals surface area contributed by atoms with Crippen LogP contribution in [0.15, 0.2) is 12.3 Å². The van der Waals surface area contributed by atoms with Crippen LogP contribution in [0.5, 0.6) is 0 Å². The number of hydrogen-bond donors (Lipinski definition) is 3. The first-order valence-electron chi connectivity index (χ1n) is 4.53. The summed E-state index contributed by atoms with van der Waals surface area (Å²) < 4.78 is 0. The lowest BCUT2D eigenvalue weighted by Crippen LogP contribution is -2.50. The molecule has 76 valence electrons. The Morgan fingerprint density at radius 2 is 2.36 bits per heavy atom. The summed E-state index contributed by atoms with van der Waals surface area (Å²) >= 11 is 0. The lowest BCUT2D eigenvalue weighted by atomic mass is 10.0. The smallest absolute Gasteiger partial charge is 0.149 e. The van der Waals surface area contributed by atoms with Gasteiger partial charge < -0.3 is 5.73 Å². The molecule has 0 amide bonds. The maximum Gasteiger partial charge on any atom is 0.149 e. The van der Waals surface area contributed by atoms with Gasteiger partial charge in [-0.1, -0.05) is 0 Å². The van der Waals surface area contributed by atoms with Crippen LogP contribution < -0.4 is 21.5 Å². The minimum absolute atomic E-state index is 0.285. The third-order valence-electron chi connectivity index (χ3n) is 2.64. The van der Waals surface area contributed by atoms with Crippen LogP contribution in [0.3, 0.4) is 0 Å². The second-order valence-electron chi connectivity index (χ2n) is 3.69. The van der Waals surface area contributed by atoms with Gasteiger partial charge in [-0.05, 0) is 20.0 Å². The monoisotopic (exact) mass is 193 g/mol. The molecule has 0 saturated heterocycles. The predicted octanol–water partition coefficient (Wildman–Crippen LogP) is 0.0103. The molecule has 1 aliphatic rings. The Labute approximate surface area is 83.3 Å². The molecule has 0 bridgehead atoms. The summed E-state index contributed by atoms with van der Waals surface area (Å²) in [7, 11) is 3.84. The molecule has 14 heavy (non-hydrogen) atoms. The molecule has 0 aliphatic carbocycles. The highest BCUT2D eigenvalue weighted by molar-refractivity contribution is 5.58. The SMILES string of the molecule is CNC1(C)NN(C)c2ncc(N)cc21. The molecule has 0 radical (unpaired) electrons. The molecule has 1 atom stereocenters. The molecule has 1 aliphatic heterocycles. The third kappa shape index (κ3) is 1.13.